The Bertz CT molecular complexity index is 348. The van der Waals surface area contributed by atoms with Crippen LogP contribution in [0, 0.1) is 5.92 Å². The summed E-state index contributed by atoms with van der Waals surface area (Å²) in [5.74, 6) is 1.05. The number of aromatic nitrogens is 2. The normalized spacial score (nSPS) is 20.6. The average Bonchev–Trinajstić information content (AvgIpc) is 2.46. The van der Waals surface area contributed by atoms with E-state index in [1.54, 1.807) is 10.7 Å². The van der Waals surface area contributed by atoms with Gasteiger partial charge in [-0.15, -0.1) is 0 Å². The van der Waals surface area contributed by atoms with E-state index in [1.807, 2.05) is 0 Å². The number of hydrogen-bond donors (Lipinski definition) is 0. The van der Waals surface area contributed by atoms with Crippen LogP contribution < -0.4 is 4.74 Å². The molecule has 0 spiro atoms. The lowest BCUT2D eigenvalue weighted by Crippen LogP contribution is -2.23. The van der Waals surface area contributed by atoms with Crippen molar-refractivity contribution in [2.24, 2.45) is 5.92 Å². The van der Waals surface area contributed by atoms with Crippen LogP contribution in [0.2, 0.25) is 0 Å². The van der Waals surface area contributed by atoms with Crippen molar-refractivity contribution in [2.75, 3.05) is 6.61 Å². The summed E-state index contributed by atoms with van der Waals surface area (Å²) < 4.78 is 7.03. The van der Waals surface area contributed by atoms with E-state index in [2.05, 4.69) is 12.0 Å². The highest BCUT2D eigenvalue weighted by Crippen LogP contribution is 2.21. The number of ether oxygens (including phenoxy) is 1. The zero-order valence-electron chi connectivity index (χ0n) is 7.16. The third-order valence-corrected chi connectivity index (χ3v) is 2.14. The van der Waals surface area contributed by atoms with Gasteiger partial charge in [-0.05, 0) is 11.6 Å². The van der Waals surface area contributed by atoms with Gasteiger partial charge >= 0.3 is 0 Å². The number of fused-ring (bicyclic) bond motifs is 1. The van der Waals surface area contributed by atoms with Crippen molar-refractivity contribution in [3.05, 3.63) is 11.8 Å². The summed E-state index contributed by atoms with van der Waals surface area (Å²) in [6, 6.07) is 1.57. The molecule has 1 atom stereocenters. The second-order valence-electron chi connectivity index (χ2n) is 3.24. The number of rotatable bonds is 1. The number of carbonyl (C=O) groups excluding carboxylic acids is 1. The Kier molecular flexibility index (Phi) is 2.00. The number of nitrogens with zero attached hydrogens (tertiary/aromatic N) is 2. The zero-order valence-corrected chi connectivity index (χ0v) is 7.91. The van der Waals surface area contributed by atoms with E-state index in [1.165, 1.54) is 0 Å². The average molecular weight is 201 g/mol. The van der Waals surface area contributed by atoms with E-state index in [0.29, 0.717) is 18.4 Å². The Morgan fingerprint density at radius 2 is 2.62 bits per heavy atom. The van der Waals surface area contributed by atoms with Crippen molar-refractivity contribution in [3.8, 4) is 5.88 Å². The van der Waals surface area contributed by atoms with Crippen LogP contribution in [-0.2, 0) is 6.54 Å². The van der Waals surface area contributed by atoms with Crippen molar-refractivity contribution in [3.63, 3.8) is 0 Å². The van der Waals surface area contributed by atoms with Crippen molar-refractivity contribution >= 4 is 16.8 Å². The van der Waals surface area contributed by atoms with E-state index < -0.39 is 5.24 Å². The Morgan fingerprint density at radius 3 is 3.31 bits per heavy atom. The molecule has 0 unspecified atom stereocenters. The fourth-order valence-corrected chi connectivity index (χ4v) is 1.41. The van der Waals surface area contributed by atoms with E-state index in [0.717, 1.165) is 6.54 Å². The summed E-state index contributed by atoms with van der Waals surface area (Å²) in [5.41, 5.74) is 0.255. The summed E-state index contributed by atoms with van der Waals surface area (Å²) in [6.07, 6.45) is 0. The maximum Gasteiger partial charge on any atom is 0.272 e. The van der Waals surface area contributed by atoms with Crippen LogP contribution in [0.15, 0.2) is 6.07 Å². The lowest BCUT2D eigenvalue weighted by Gasteiger charge is -2.20. The number of hydrogen-bond acceptors (Lipinski definition) is 3. The molecule has 0 bridgehead atoms. The molecule has 0 saturated carbocycles. The Balaban J connectivity index is 2.33. The van der Waals surface area contributed by atoms with Gasteiger partial charge < -0.3 is 4.74 Å². The second-order valence-corrected chi connectivity index (χ2v) is 3.58. The predicted molar refractivity (Wildman–Crippen MR) is 47.1 cm³/mol. The van der Waals surface area contributed by atoms with Gasteiger partial charge in [0.15, 0.2) is 0 Å². The molecule has 0 aliphatic carbocycles. The molecule has 5 heteroatoms. The molecular formula is C8H9ClN2O2. The molecule has 0 fully saturated rings. The van der Waals surface area contributed by atoms with E-state index >= 15 is 0 Å². The van der Waals surface area contributed by atoms with Gasteiger partial charge in [0, 0.05) is 12.0 Å². The fraction of sp³-hybridized carbons (Fsp3) is 0.500. The lowest BCUT2D eigenvalue weighted by molar-refractivity contribution is 0.107. The molecule has 13 heavy (non-hydrogen) atoms. The number of halogens is 1. The molecule has 0 radical (unpaired) electrons. The van der Waals surface area contributed by atoms with Crippen molar-refractivity contribution in [1.29, 1.82) is 0 Å². The van der Waals surface area contributed by atoms with Crippen LogP contribution in [0.25, 0.3) is 0 Å². The van der Waals surface area contributed by atoms with E-state index in [-0.39, 0.29) is 5.69 Å². The van der Waals surface area contributed by atoms with Crippen LogP contribution in [0.4, 0.5) is 0 Å². The Hall–Kier alpha value is -1.03. The quantitative estimate of drug-likeness (QED) is 0.642. The van der Waals surface area contributed by atoms with Crippen LogP contribution in [-0.4, -0.2) is 21.6 Å². The van der Waals surface area contributed by atoms with Crippen LogP contribution in [0.1, 0.15) is 17.4 Å². The first kappa shape index (κ1) is 8.56. The first-order chi connectivity index (χ1) is 6.16. The highest BCUT2D eigenvalue weighted by molar-refractivity contribution is 6.67. The highest BCUT2D eigenvalue weighted by atomic mass is 35.5. The van der Waals surface area contributed by atoms with Crippen molar-refractivity contribution < 1.29 is 9.53 Å². The van der Waals surface area contributed by atoms with E-state index in [4.69, 9.17) is 16.3 Å². The van der Waals surface area contributed by atoms with Crippen LogP contribution >= 0.6 is 11.6 Å². The van der Waals surface area contributed by atoms with Gasteiger partial charge in [-0.1, -0.05) is 6.92 Å². The summed E-state index contributed by atoms with van der Waals surface area (Å²) in [7, 11) is 0. The molecule has 0 aromatic carbocycles. The molecule has 1 aliphatic rings. The smallest absolute Gasteiger partial charge is 0.272 e. The van der Waals surface area contributed by atoms with Gasteiger partial charge in [-0.25, -0.2) is 4.68 Å². The van der Waals surface area contributed by atoms with Gasteiger partial charge in [-0.2, -0.15) is 5.10 Å². The van der Waals surface area contributed by atoms with Gasteiger partial charge in [0.1, 0.15) is 5.69 Å². The molecule has 1 aliphatic heterocycles. The van der Waals surface area contributed by atoms with Gasteiger partial charge in [0.25, 0.3) is 5.24 Å². The van der Waals surface area contributed by atoms with Gasteiger partial charge in [0.2, 0.25) is 5.88 Å². The molecule has 0 saturated heterocycles. The molecular weight excluding hydrogens is 192 g/mol. The van der Waals surface area contributed by atoms with Crippen LogP contribution in [0.5, 0.6) is 5.88 Å². The summed E-state index contributed by atoms with van der Waals surface area (Å²) >= 11 is 5.29. The van der Waals surface area contributed by atoms with Crippen molar-refractivity contribution in [2.45, 2.75) is 13.5 Å². The topological polar surface area (TPSA) is 44.1 Å². The molecule has 0 amide bonds. The maximum atomic E-state index is 10.8. The first-order valence-corrected chi connectivity index (χ1v) is 4.45. The molecule has 0 N–H and O–H groups in total. The minimum Gasteiger partial charge on any atom is -0.477 e. The maximum absolute atomic E-state index is 10.8. The highest BCUT2D eigenvalue weighted by Gasteiger charge is 2.20. The molecule has 70 valence electrons. The predicted octanol–water partition coefficient (Wildman–Crippen LogP) is 1.29. The Morgan fingerprint density at radius 1 is 1.85 bits per heavy atom. The van der Waals surface area contributed by atoms with Crippen LogP contribution in [0.3, 0.4) is 0 Å². The molecule has 1 aromatic heterocycles. The third kappa shape index (κ3) is 1.54. The summed E-state index contributed by atoms with van der Waals surface area (Å²) in [4.78, 5) is 10.8. The molecule has 2 heterocycles. The minimum absolute atomic E-state index is 0.255. The van der Waals surface area contributed by atoms with Gasteiger partial charge in [0.05, 0.1) is 13.2 Å². The summed E-state index contributed by atoms with van der Waals surface area (Å²) in [6.45, 7) is 3.51. The number of carbonyl (C=O) groups is 1. The van der Waals surface area contributed by atoms with Gasteiger partial charge in [-0.3, -0.25) is 4.79 Å². The monoisotopic (exact) mass is 200 g/mol. The lowest BCUT2D eigenvalue weighted by atomic mass is 10.2. The molecule has 2 rings (SSSR count). The molecule has 1 aromatic rings. The second kappa shape index (κ2) is 3.03. The first-order valence-electron chi connectivity index (χ1n) is 4.07. The fourth-order valence-electron chi connectivity index (χ4n) is 1.32. The zero-order chi connectivity index (χ0) is 9.42. The Labute approximate surface area is 80.4 Å². The summed E-state index contributed by atoms with van der Waals surface area (Å²) in [5, 5.41) is 3.47. The largest absolute Gasteiger partial charge is 0.477 e. The van der Waals surface area contributed by atoms with E-state index in [9.17, 15) is 4.79 Å². The minimum atomic E-state index is -0.543. The third-order valence-electron chi connectivity index (χ3n) is 1.94. The SMILES string of the molecule is C[C@H]1COc2cc(C(=O)Cl)nn2C1. The standard InChI is InChI=1S/C8H9ClN2O2/c1-5-3-11-7(13-4-5)2-6(10-11)8(9)12/h2,5H,3-4H2,1H3/t5-/m1/s1. The van der Waals surface area contributed by atoms with Crippen molar-refractivity contribution in [1.82, 2.24) is 9.78 Å². The molecule has 4 nitrogen and oxygen atoms in total.